The van der Waals surface area contributed by atoms with Crippen molar-refractivity contribution in [1.82, 2.24) is 0 Å². The number of ketones is 1. The van der Waals surface area contributed by atoms with Gasteiger partial charge in [0.15, 0.2) is 5.78 Å². The van der Waals surface area contributed by atoms with Crippen LogP contribution >= 0.6 is 11.8 Å². The Kier molecular flexibility index (Phi) is 6.39. The summed E-state index contributed by atoms with van der Waals surface area (Å²) in [4.78, 5) is 23.2. The SMILES string of the molecule is O=C(CC(SCc1ccccc1)c1ccc([N+](=O)[O-])cc1)c1ccccc1. The van der Waals surface area contributed by atoms with E-state index in [2.05, 4.69) is 12.1 Å². The summed E-state index contributed by atoms with van der Waals surface area (Å²) >= 11 is 1.67. The molecule has 0 radical (unpaired) electrons. The average Bonchev–Trinajstić information content (AvgIpc) is 2.72. The molecule has 0 N–H and O–H groups in total. The maximum atomic E-state index is 12.7. The molecule has 0 saturated carbocycles. The molecule has 0 heterocycles. The molecule has 0 aliphatic rings. The molecular formula is C22H19NO3S. The maximum absolute atomic E-state index is 12.7. The highest BCUT2D eigenvalue weighted by Crippen LogP contribution is 2.36. The van der Waals surface area contributed by atoms with E-state index in [4.69, 9.17) is 0 Å². The van der Waals surface area contributed by atoms with Crippen molar-refractivity contribution in [2.45, 2.75) is 17.4 Å². The van der Waals surface area contributed by atoms with Crippen molar-refractivity contribution in [3.63, 3.8) is 0 Å². The van der Waals surface area contributed by atoms with Crippen molar-refractivity contribution in [3.05, 3.63) is 112 Å². The second-order valence-electron chi connectivity index (χ2n) is 6.13. The molecule has 1 atom stereocenters. The van der Waals surface area contributed by atoms with Crippen molar-refractivity contribution in [2.24, 2.45) is 0 Å². The van der Waals surface area contributed by atoms with Gasteiger partial charge in [-0.3, -0.25) is 14.9 Å². The normalized spacial score (nSPS) is 11.7. The quantitative estimate of drug-likeness (QED) is 0.281. The predicted octanol–water partition coefficient (Wildman–Crippen LogP) is 5.84. The van der Waals surface area contributed by atoms with Crippen molar-refractivity contribution < 1.29 is 9.72 Å². The lowest BCUT2D eigenvalue weighted by atomic mass is 10.0. The number of Topliss-reactive ketones (excluding diaryl/α,β-unsaturated/α-hetero) is 1. The van der Waals surface area contributed by atoms with Gasteiger partial charge in [-0.25, -0.2) is 0 Å². The van der Waals surface area contributed by atoms with E-state index in [0.717, 1.165) is 11.3 Å². The number of nitro groups is 1. The standard InChI is InChI=1S/C22H19NO3S/c24-21(18-9-5-2-6-10-18)15-22(27-16-17-7-3-1-4-8-17)19-11-13-20(14-12-19)23(25)26/h1-14,22H,15-16H2. The van der Waals surface area contributed by atoms with E-state index in [-0.39, 0.29) is 16.7 Å². The lowest BCUT2D eigenvalue weighted by Crippen LogP contribution is -2.06. The lowest BCUT2D eigenvalue weighted by Gasteiger charge is -2.17. The number of benzene rings is 3. The minimum Gasteiger partial charge on any atom is -0.294 e. The Morgan fingerprint density at radius 2 is 1.48 bits per heavy atom. The fourth-order valence-corrected chi connectivity index (χ4v) is 3.97. The summed E-state index contributed by atoms with van der Waals surface area (Å²) in [6.45, 7) is 0. The Morgan fingerprint density at radius 3 is 2.07 bits per heavy atom. The summed E-state index contributed by atoms with van der Waals surface area (Å²) in [5.74, 6) is 0.837. The molecule has 5 heteroatoms. The van der Waals surface area contributed by atoms with Crippen LogP contribution in [0.3, 0.4) is 0 Å². The van der Waals surface area contributed by atoms with Crippen LogP contribution in [0.15, 0.2) is 84.9 Å². The Hall–Kier alpha value is -2.92. The van der Waals surface area contributed by atoms with Crippen LogP contribution in [0.4, 0.5) is 5.69 Å². The highest BCUT2D eigenvalue weighted by atomic mass is 32.2. The van der Waals surface area contributed by atoms with Gasteiger partial charge in [0.1, 0.15) is 0 Å². The number of nitro benzene ring substituents is 1. The predicted molar refractivity (Wildman–Crippen MR) is 109 cm³/mol. The second kappa shape index (κ2) is 9.14. The molecule has 0 bridgehead atoms. The van der Waals surface area contributed by atoms with E-state index in [9.17, 15) is 14.9 Å². The van der Waals surface area contributed by atoms with Crippen LogP contribution in [0.5, 0.6) is 0 Å². The summed E-state index contributed by atoms with van der Waals surface area (Å²) in [5.41, 5.74) is 2.84. The lowest BCUT2D eigenvalue weighted by molar-refractivity contribution is -0.384. The van der Waals surface area contributed by atoms with Gasteiger partial charge in [-0.1, -0.05) is 72.8 Å². The van der Waals surface area contributed by atoms with E-state index < -0.39 is 4.92 Å². The van der Waals surface area contributed by atoms with Gasteiger partial charge >= 0.3 is 0 Å². The van der Waals surface area contributed by atoms with Gasteiger partial charge in [0, 0.05) is 35.1 Å². The topological polar surface area (TPSA) is 60.2 Å². The van der Waals surface area contributed by atoms with Crippen LogP contribution in [0, 0.1) is 10.1 Å². The maximum Gasteiger partial charge on any atom is 0.269 e. The van der Waals surface area contributed by atoms with Gasteiger partial charge < -0.3 is 0 Å². The molecule has 27 heavy (non-hydrogen) atoms. The van der Waals surface area contributed by atoms with Crippen LogP contribution in [0.25, 0.3) is 0 Å². The molecule has 0 amide bonds. The molecule has 3 aromatic rings. The van der Waals surface area contributed by atoms with Gasteiger partial charge in [-0.2, -0.15) is 0 Å². The van der Waals surface area contributed by atoms with E-state index in [1.54, 1.807) is 23.9 Å². The third-order valence-electron chi connectivity index (χ3n) is 4.24. The monoisotopic (exact) mass is 377 g/mol. The van der Waals surface area contributed by atoms with Crippen LogP contribution in [0.2, 0.25) is 0 Å². The number of non-ortho nitro benzene ring substituents is 1. The van der Waals surface area contributed by atoms with Gasteiger partial charge in [-0.05, 0) is 11.1 Å². The zero-order valence-corrected chi connectivity index (χ0v) is 15.5. The summed E-state index contributed by atoms with van der Waals surface area (Å²) in [6.07, 6.45) is 0.347. The number of hydrogen-bond acceptors (Lipinski definition) is 4. The number of rotatable bonds is 8. The van der Waals surface area contributed by atoms with Crippen LogP contribution in [-0.2, 0) is 5.75 Å². The minimum atomic E-state index is -0.412. The number of carbonyl (C=O) groups is 1. The molecule has 136 valence electrons. The summed E-state index contributed by atoms with van der Waals surface area (Å²) < 4.78 is 0. The van der Waals surface area contributed by atoms with Crippen molar-refractivity contribution in [3.8, 4) is 0 Å². The first-order valence-corrected chi connectivity index (χ1v) is 9.66. The number of thioether (sulfide) groups is 1. The average molecular weight is 377 g/mol. The summed E-state index contributed by atoms with van der Waals surface area (Å²) in [5, 5.41) is 10.8. The van der Waals surface area contributed by atoms with Gasteiger partial charge in [-0.15, -0.1) is 11.8 Å². The Balaban J connectivity index is 1.79. The van der Waals surface area contributed by atoms with Crippen molar-refractivity contribution >= 4 is 23.2 Å². The molecular weight excluding hydrogens is 358 g/mol. The number of carbonyl (C=O) groups excluding carboxylic acids is 1. The molecule has 1 unspecified atom stereocenters. The largest absolute Gasteiger partial charge is 0.294 e. The van der Waals surface area contributed by atoms with Crippen LogP contribution in [-0.4, -0.2) is 10.7 Å². The Morgan fingerprint density at radius 1 is 0.889 bits per heavy atom. The molecule has 0 aliphatic heterocycles. The van der Waals surface area contributed by atoms with Crippen LogP contribution in [0.1, 0.15) is 33.2 Å². The zero-order chi connectivity index (χ0) is 19.1. The first-order valence-electron chi connectivity index (χ1n) is 8.61. The van der Waals surface area contributed by atoms with E-state index in [1.807, 2.05) is 48.5 Å². The molecule has 3 aromatic carbocycles. The minimum absolute atomic E-state index is 0.0555. The molecule has 0 fully saturated rings. The molecule has 0 spiro atoms. The summed E-state index contributed by atoms with van der Waals surface area (Å²) in [6, 6.07) is 25.8. The fraction of sp³-hybridized carbons (Fsp3) is 0.136. The highest BCUT2D eigenvalue weighted by Gasteiger charge is 2.19. The molecule has 0 aliphatic carbocycles. The first kappa shape index (κ1) is 18.9. The molecule has 4 nitrogen and oxygen atoms in total. The van der Waals surface area contributed by atoms with Crippen molar-refractivity contribution in [1.29, 1.82) is 0 Å². The summed E-state index contributed by atoms with van der Waals surface area (Å²) in [7, 11) is 0. The Labute approximate surface area is 162 Å². The zero-order valence-electron chi connectivity index (χ0n) is 14.7. The Bertz CT molecular complexity index is 896. The van der Waals surface area contributed by atoms with Gasteiger partial charge in [0.25, 0.3) is 5.69 Å². The van der Waals surface area contributed by atoms with Crippen LogP contribution < -0.4 is 0 Å². The van der Waals surface area contributed by atoms with Gasteiger partial charge in [0.2, 0.25) is 0 Å². The smallest absolute Gasteiger partial charge is 0.269 e. The van der Waals surface area contributed by atoms with E-state index >= 15 is 0 Å². The number of hydrogen-bond donors (Lipinski definition) is 0. The van der Waals surface area contributed by atoms with E-state index in [1.165, 1.54) is 17.7 Å². The third-order valence-corrected chi connectivity index (χ3v) is 5.58. The van der Waals surface area contributed by atoms with Gasteiger partial charge in [0.05, 0.1) is 4.92 Å². The fourth-order valence-electron chi connectivity index (χ4n) is 2.77. The first-order chi connectivity index (χ1) is 13.1. The third kappa shape index (κ3) is 5.28. The highest BCUT2D eigenvalue weighted by molar-refractivity contribution is 7.98. The second-order valence-corrected chi connectivity index (χ2v) is 7.32. The molecule has 0 aromatic heterocycles. The molecule has 3 rings (SSSR count). The van der Waals surface area contributed by atoms with E-state index in [0.29, 0.717) is 12.0 Å². The number of nitrogens with zero attached hydrogens (tertiary/aromatic N) is 1. The molecule has 0 saturated heterocycles. The van der Waals surface area contributed by atoms with Crippen molar-refractivity contribution in [2.75, 3.05) is 0 Å².